The van der Waals surface area contributed by atoms with E-state index in [0.717, 1.165) is 6.42 Å². The quantitative estimate of drug-likeness (QED) is 0.830. The number of nitrogens with zero attached hydrogens (tertiary/aromatic N) is 3. The molecular formula is C14H21N3O3. The smallest absolute Gasteiger partial charge is 0.410 e. The van der Waals surface area contributed by atoms with Crippen LogP contribution in [0.5, 0.6) is 5.88 Å². The molecule has 1 saturated heterocycles. The molecular weight excluding hydrogens is 258 g/mol. The van der Waals surface area contributed by atoms with Gasteiger partial charge in [-0.25, -0.2) is 9.78 Å². The summed E-state index contributed by atoms with van der Waals surface area (Å²) in [5, 5.41) is 0. The normalized spacial score (nSPS) is 19.0. The molecule has 0 N–H and O–H groups in total. The maximum atomic E-state index is 11.9. The van der Waals surface area contributed by atoms with E-state index in [9.17, 15) is 4.79 Å². The highest BCUT2D eigenvalue weighted by Gasteiger charge is 2.31. The van der Waals surface area contributed by atoms with Crippen LogP contribution in [0, 0.1) is 6.92 Å². The molecule has 0 bridgehead atoms. The van der Waals surface area contributed by atoms with Crippen LogP contribution in [-0.4, -0.2) is 45.8 Å². The number of rotatable bonds is 2. The fourth-order valence-corrected chi connectivity index (χ4v) is 1.99. The first kappa shape index (κ1) is 14.6. The van der Waals surface area contributed by atoms with Gasteiger partial charge in [0.05, 0.1) is 6.54 Å². The van der Waals surface area contributed by atoms with Gasteiger partial charge in [-0.2, -0.15) is 4.98 Å². The molecule has 0 spiro atoms. The standard InChI is InChI=1S/C14H21N3O3/c1-10-15-7-5-12(16-10)19-11-6-8-17(9-11)13(18)20-14(2,3)4/h5,7,11H,6,8-9H2,1-4H3/t11-/m0/s1. The molecule has 1 aromatic rings. The summed E-state index contributed by atoms with van der Waals surface area (Å²) in [6, 6.07) is 1.73. The minimum absolute atomic E-state index is 0.0446. The van der Waals surface area contributed by atoms with Crippen molar-refractivity contribution in [3.63, 3.8) is 0 Å². The van der Waals surface area contributed by atoms with E-state index in [0.29, 0.717) is 24.8 Å². The zero-order valence-electron chi connectivity index (χ0n) is 12.4. The number of aryl methyl sites for hydroxylation is 1. The van der Waals surface area contributed by atoms with Gasteiger partial charge in [0.1, 0.15) is 17.5 Å². The Morgan fingerprint density at radius 3 is 2.85 bits per heavy atom. The zero-order valence-corrected chi connectivity index (χ0v) is 12.4. The Hall–Kier alpha value is -1.85. The number of likely N-dealkylation sites (tertiary alicyclic amines) is 1. The summed E-state index contributed by atoms with van der Waals surface area (Å²) in [7, 11) is 0. The third-order valence-electron chi connectivity index (χ3n) is 2.83. The maximum Gasteiger partial charge on any atom is 0.410 e. The van der Waals surface area contributed by atoms with Crippen LogP contribution < -0.4 is 4.74 Å². The van der Waals surface area contributed by atoms with Gasteiger partial charge in [-0.3, -0.25) is 0 Å². The lowest BCUT2D eigenvalue weighted by Gasteiger charge is -2.24. The maximum absolute atomic E-state index is 11.9. The molecule has 0 aliphatic carbocycles. The van der Waals surface area contributed by atoms with Crippen molar-refractivity contribution in [1.29, 1.82) is 0 Å². The molecule has 20 heavy (non-hydrogen) atoms. The average molecular weight is 279 g/mol. The van der Waals surface area contributed by atoms with Gasteiger partial charge in [-0.15, -0.1) is 0 Å². The van der Waals surface area contributed by atoms with Crippen molar-refractivity contribution in [3.05, 3.63) is 18.1 Å². The molecule has 1 aliphatic heterocycles. The third kappa shape index (κ3) is 4.08. The summed E-state index contributed by atoms with van der Waals surface area (Å²) < 4.78 is 11.1. The molecule has 0 saturated carbocycles. The van der Waals surface area contributed by atoms with Gasteiger partial charge in [-0.1, -0.05) is 0 Å². The van der Waals surface area contributed by atoms with Crippen LogP contribution in [0.4, 0.5) is 4.79 Å². The predicted octanol–water partition coefficient (Wildman–Crippen LogP) is 2.17. The molecule has 2 heterocycles. The minimum atomic E-state index is -0.472. The second kappa shape index (κ2) is 5.64. The Bertz CT molecular complexity index is 485. The number of amides is 1. The summed E-state index contributed by atoms with van der Waals surface area (Å²) in [5.41, 5.74) is -0.472. The molecule has 1 aliphatic rings. The number of hydrogen-bond donors (Lipinski definition) is 0. The minimum Gasteiger partial charge on any atom is -0.472 e. The summed E-state index contributed by atoms with van der Waals surface area (Å²) in [5.74, 6) is 1.22. The molecule has 1 fully saturated rings. The second-order valence-corrected chi connectivity index (χ2v) is 5.90. The number of aromatic nitrogens is 2. The summed E-state index contributed by atoms with van der Waals surface area (Å²) in [6.07, 6.45) is 2.11. The zero-order chi connectivity index (χ0) is 14.8. The van der Waals surface area contributed by atoms with Gasteiger partial charge < -0.3 is 14.4 Å². The highest BCUT2D eigenvalue weighted by Crippen LogP contribution is 2.19. The second-order valence-electron chi connectivity index (χ2n) is 5.90. The Balaban J connectivity index is 1.88. The largest absolute Gasteiger partial charge is 0.472 e. The molecule has 0 aromatic carbocycles. The van der Waals surface area contributed by atoms with E-state index in [1.165, 1.54) is 0 Å². The lowest BCUT2D eigenvalue weighted by Crippen LogP contribution is -2.36. The van der Waals surface area contributed by atoms with Crippen molar-refractivity contribution in [2.24, 2.45) is 0 Å². The molecule has 0 unspecified atom stereocenters. The molecule has 2 rings (SSSR count). The van der Waals surface area contributed by atoms with Gasteiger partial charge in [0, 0.05) is 25.2 Å². The van der Waals surface area contributed by atoms with Gasteiger partial charge in [0.2, 0.25) is 5.88 Å². The third-order valence-corrected chi connectivity index (χ3v) is 2.83. The lowest BCUT2D eigenvalue weighted by molar-refractivity contribution is 0.0275. The van der Waals surface area contributed by atoms with Crippen LogP contribution in [0.25, 0.3) is 0 Å². The molecule has 1 amide bonds. The van der Waals surface area contributed by atoms with Crippen LogP contribution in [0.3, 0.4) is 0 Å². The summed E-state index contributed by atoms with van der Waals surface area (Å²) in [6.45, 7) is 8.56. The Labute approximate surface area is 119 Å². The van der Waals surface area contributed by atoms with Crippen molar-refractivity contribution in [3.8, 4) is 5.88 Å². The van der Waals surface area contributed by atoms with E-state index in [4.69, 9.17) is 9.47 Å². The van der Waals surface area contributed by atoms with Gasteiger partial charge in [-0.05, 0) is 27.7 Å². The highest BCUT2D eigenvalue weighted by atomic mass is 16.6. The van der Waals surface area contributed by atoms with Crippen LogP contribution >= 0.6 is 0 Å². The van der Waals surface area contributed by atoms with Gasteiger partial charge in [0.25, 0.3) is 0 Å². The molecule has 0 radical (unpaired) electrons. The number of carbonyl (C=O) groups is 1. The predicted molar refractivity (Wildman–Crippen MR) is 73.6 cm³/mol. The molecule has 1 aromatic heterocycles. The van der Waals surface area contributed by atoms with Crippen molar-refractivity contribution in [1.82, 2.24) is 14.9 Å². The SMILES string of the molecule is Cc1nccc(O[C@H]2CCN(C(=O)OC(C)(C)C)C2)n1. The van der Waals surface area contributed by atoms with E-state index in [1.807, 2.05) is 27.7 Å². The Morgan fingerprint density at radius 2 is 2.20 bits per heavy atom. The van der Waals surface area contributed by atoms with Crippen molar-refractivity contribution >= 4 is 6.09 Å². The number of carbonyl (C=O) groups excluding carboxylic acids is 1. The van der Waals surface area contributed by atoms with E-state index in [2.05, 4.69) is 9.97 Å². The van der Waals surface area contributed by atoms with Crippen LogP contribution in [0.1, 0.15) is 33.0 Å². The van der Waals surface area contributed by atoms with E-state index in [-0.39, 0.29) is 12.2 Å². The van der Waals surface area contributed by atoms with Crippen molar-refractivity contribution in [2.75, 3.05) is 13.1 Å². The highest BCUT2D eigenvalue weighted by molar-refractivity contribution is 5.68. The van der Waals surface area contributed by atoms with Crippen molar-refractivity contribution < 1.29 is 14.3 Å². The van der Waals surface area contributed by atoms with Crippen LogP contribution in [-0.2, 0) is 4.74 Å². The molecule has 6 nitrogen and oxygen atoms in total. The summed E-state index contributed by atoms with van der Waals surface area (Å²) >= 11 is 0. The average Bonchev–Trinajstić information content (AvgIpc) is 2.75. The Kier molecular flexibility index (Phi) is 4.11. The monoisotopic (exact) mass is 279 g/mol. The van der Waals surface area contributed by atoms with Crippen molar-refractivity contribution in [2.45, 2.75) is 45.8 Å². The Morgan fingerprint density at radius 1 is 1.45 bits per heavy atom. The summed E-state index contributed by atoms with van der Waals surface area (Å²) in [4.78, 5) is 21.8. The van der Waals surface area contributed by atoms with E-state index in [1.54, 1.807) is 17.2 Å². The van der Waals surface area contributed by atoms with Gasteiger partial charge in [0.15, 0.2) is 0 Å². The lowest BCUT2D eigenvalue weighted by atomic mass is 10.2. The fraction of sp³-hybridized carbons (Fsp3) is 0.643. The van der Waals surface area contributed by atoms with Gasteiger partial charge >= 0.3 is 6.09 Å². The fourth-order valence-electron chi connectivity index (χ4n) is 1.99. The van der Waals surface area contributed by atoms with Crippen LogP contribution in [0.15, 0.2) is 12.3 Å². The molecule has 6 heteroatoms. The number of ether oxygens (including phenoxy) is 2. The first-order valence-corrected chi connectivity index (χ1v) is 6.78. The van der Waals surface area contributed by atoms with Crippen LogP contribution in [0.2, 0.25) is 0 Å². The first-order valence-electron chi connectivity index (χ1n) is 6.78. The molecule has 1 atom stereocenters. The number of hydrogen-bond acceptors (Lipinski definition) is 5. The topological polar surface area (TPSA) is 64.5 Å². The van der Waals surface area contributed by atoms with E-state index >= 15 is 0 Å². The molecule has 110 valence electrons. The first-order chi connectivity index (χ1) is 9.33. The van der Waals surface area contributed by atoms with E-state index < -0.39 is 5.60 Å².